The van der Waals surface area contributed by atoms with Gasteiger partial charge in [0.05, 0.1) is 0 Å². The van der Waals surface area contributed by atoms with Gasteiger partial charge in [0, 0.05) is 22.6 Å². The summed E-state index contributed by atoms with van der Waals surface area (Å²) in [5.74, 6) is 2.83. The predicted octanol–water partition coefficient (Wildman–Crippen LogP) is 10.9. The van der Waals surface area contributed by atoms with Gasteiger partial charge in [-0.2, -0.15) is 0 Å². The van der Waals surface area contributed by atoms with Crippen molar-refractivity contribution in [2.45, 2.75) is 78.3 Å². The molecular weight excluding hydrogens is 515 g/mol. The molecule has 41 heavy (non-hydrogen) atoms. The summed E-state index contributed by atoms with van der Waals surface area (Å²) in [5, 5.41) is 1.50. The summed E-state index contributed by atoms with van der Waals surface area (Å²) in [7, 11) is -2.04. The fourth-order valence-electron chi connectivity index (χ4n) is 6.64. The molecule has 4 aromatic rings. The van der Waals surface area contributed by atoms with Gasteiger partial charge in [-0.1, -0.05) is 116 Å². The lowest BCUT2D eigenvalue weighted by Crippen LogP contribution is -2.50. The van der Waals surface area contributed by atoms with Crippen molar-refractivity contribution in [3.63, 3.8) is 0 Å². The molecule has 0 N–H and O–H groups in total. The molecule has 0 aliphatic carbocycles. The zero-order valence-electron chi connectivity index (χ0n) is 26.0. The van der Waals surface area contributed by atoms with E-state index < -0.39 is 8.07 Å². The van der Waals surface area contributed by atoms with Crippen molar-refractivity contribution < 1.29 is 4.74 Å². The number of anilines is 3. The van der Waals surface area contributed by atoms with Crippen LogP contribution in [0, 0.1) is 0 Å². The Morgan fingerprint density at radius 2 is 1.07 bits per heavy atom. The molecule has 0 bridgehead atoms. The molecule has 0 unspecified atom stereocenters. The van der Waals surface area contributed by atoms with Crippen molar-refractivity contribution in [3.8, 4) is 5.75 Å². The van der Waals surface area contributed by atoms with E-state index in [0.29, 0.717) is 22.9 Å². The van der Waals surface area contributed by atoms with Crippen LogP contribution in [0.4, 0.5) is 17.1 Å². The highest BCUT2D eigenvalue weighted by molar-refractivity contribution is 7.00. The fourth-order valence-corrected chi connectivity index (χ4v) is 11.7. The maximum absolute atomic E-state index is 7.17. The van der Waals surface area contributed by atoms with Gasteiger partial charge in [-0.15, -0.1) is 0 Å². The molecule has 0 radical (unpaired) electrons. The van der Waals surface area contributed by atoms with Crippen LogP contribution in [0.5, 0.6) is 5.75 Å². The minimum Gasteiger partial charge on any atom is -0.457 e. The van der Waals surface area contributed by atoms with E-state index in [0.717, 1.165) is 28.6 Å². The molecular formula is C38H45NOSi. The lowest BCUT2D eigenvalue weighted by atomic mass is 9.94. The van der Waals surface area contributed by atoms with E-state index in [1.165, 1.54) is 21.9 Å². The van der Waals surface area contributed by atoms with Crippen molar-refractivity contribution >= 4 is 36.1 Å². The molecule has 5 rings (SSSR count). The highest BCUT2D eigenvalue weighted by Gasteiger charge is 2.47. The minimum absolute atomic E-state index is 0.375. The van der Waals surface area contributed by atoms with Crippen LogP contribution in [0.1, 0.15) is 83.9 Å². The summed E-state index contributed by atoms with van der Waals surface area (Å²) >= 11 is 0. The number of hydrogen-bond acceptors (Lipinski definition) is 2. The Morgan fingerprint density at radius 1 is 0.561 bits per heavy atom. The second-order valence-corrected chi connectivity index (χ2v) is 17.7. The maximum Gasteiger partial charge on any atom is 0.134 e. The van der Waals surface area contributed by atoms with Gasteiger partial charge in [-0.05, 0) is 81.3 Å². The molecule has 3 heteroatoms. The first-order valence-electron chi connectivity index (χ1n) is 15.2. The van der Waals surface area contributed by atoms with Gasteiger partial charge in [-0.25, -0.2) is 0 Å². The summed E-state index contributed by atoms with van der Waals surface area (Å²) in [4.78, 5) is 2.35. The number of para-hydroxylation sites is 3. The monoisotopic (exact) mass is 559 g/mol. The molecule has 0 amide bonds. The first-order chi connectivity index (χ1) is 19.6. The zero-order chi connectivity index (χ0) is 29.3. The van der Waals surface area contributed by atoms with Gasteiger partial charge in [0.25, 0.3) is 0 Å². The summed E-state index contributed by atoms with van der Waals surface area (Å²) < 4.78 is 7.17. The second-order valence-electron chi connectivity index (χ2n) is 12.7. The fraction of sp³-hybridized carbons (Fsp3) is 0.316. The first kappa shape index (κ1) is 28.9. The Labute approximate surface area is 248 Å². The molecule has 0 saturated heterocycles. The largest absolute Gasteiger partial charge is 0.457 e. The van der Waals surface area contributed by atoms with E-state index in [1.54, 1.807) is 0 Å². The third-order valence-corrected chi connectivity index (χ3v) is 14.8. The van der Waals surface area contributed by atoms with Gasteiger partial charge in [0.15, 0.2) is 0 Å². The molecule has 0 spiro atoms. The molecule has 4 aromatic carbocycles. The molecule has 212 valence electrons. The van der Waals surface area contributed by atoms with E-state index in [9.17, 15) is 0 Å². The van der Waals surface area contributed by atoms with Crippen molar-refractivity contribution in [1.29, 1.82) is 0 Å². The summed E-state index contributed by atoms with van der Waals surface area (Å²) in [6.45, 7) is 18.7. The third-order valence-electron chi connectivity index (χ3n) is 8.83. The minimum atomic E-state index is -2.04. The highest BCUT2D eigenvalue weighted by atomic mass is 28.3. The van der Waals surface area contributed by atoms with Crippen molar-refractivity contribution in [3.05, 3.63) is 119 Å². The molecule has 1 aliphatic heterocycles. The number of rotatable bonds is 9. The Morgan fingerprint density at radius 3 is 1.54 bits per heavy atom. The van der Waals surface area contributed by atoms with Crippen LogP contribution in [0.3, 0.4) is 0 Å². The molecule has 0 atom stereocenters. The van der Waals surface area contributed by atoms with Crippen molar-refractivity contribution in [2.75, 3.05) is 4.90 Å². The van der Waals surface area contributed by atoms with Crippen LogP contribution in [0.2, 0.25) is 11.1 Å². The standard InChI is InChI=1S/C38H45NOSi/c1-26(2)33-20-15-21-34(27(3)4)38(33)40-36-25-41(28(5)6,29(7)8)37-23-22-32(24-35(36)37)39(30-16-11-9-12-17-30)31-18-13-10-14-19-31/h9-29H,1-8H3. The Bertz CT molecular complexity index is 1450. The lowest BCUT2D eigenvalue weighted by Gasteiger charge is -2.35. The van der Waals surface area contributed by atoms with Crippen molar-refractivity contribution in [1.82, 2.24) is 0 Å². The second kappa shape index (κ2) is 11.7. The van der Waals surface area contributed by atoms with E-state index >= 15 is 0 Å². The van der Waals surface area contributed by atoms with E-state index in [-0.39, 0.29) is 0 Å². The lowest BCUT2D eigenvalue weighted by molar-refractivity contribution is 0.494. The summed E-state index contributed by atoms with van der Waals surface area (Å²) in [5.41, 5.74) is 10.9. The zero-order valence-corrected chi connectivity index (χ0v) is 27.0. The molecule has 1 heterocycles. The average molecular weight is 560 g/mol. The third kappa shape index (κ3) is 5.28. The number of benzene rings is 4. The van der Waals surface area contributed by atoms with Crippen LogP contribution < -0.4 is 14.8 Å². The van der Waals surface area contributed by atoms with Crippen molar-refractivity contribution in [2.24, 2.45) is 0 Å². The van der Waals surface area contributed by atoms with Crippen LogP contribution in [0.25, 0.3) is 5.76 Å². The predicted molar refractivity (Wildman–Crippen MR) is 180 cm³/mol. The van der Waals surface area contributed by atoms with Crippen LogP contribution in [0.15, 0.2) is 103 Å². The SMILES string of the molecule is CC(C)c1cccc(C(C)C)c1OC1=C[Si](C(C)C)(C(C)C)c2ccc(N(c3ccccc3)c3ccccc3)cc21. The van der Waals surface area contributed by atoms with E-state index in [2.05, 4.69) is 163 Å². The average Bonchev–Trinajstić information content (AvgIpc) is 3.29. The van der Waals surface area contributed by atoms with Gasteiger partial charge in [0.1, 0.15) is 19.6 Å². The summed E-state index contributed by atoms with van der Waals surface area (Å²) in [6, 6.07) is 35.1. The van der Waals surface area contributed by atoms with Crippen LogP contribution in [-0.2, 0) is 0 Å². The number of nitrogens with zero attached hydrogens (tertiary/aromatic N) is 1. The maximum atomic E-state index is 7.17. The van der Waals surface area contributed by atoms with Gasteiger partial charge in [-0.3, -0.25) is 0 Å². The number of fused-ring (bicyclic) bond motifs is 1. The topological polar surface area (TPSA) is 12.5 Å². The number of ether oxygens (including phenoxy) is 1. The van der Waals surface area contributed by atoms with Gasteiger partial charge in [0.2, 0.25) is 0 Å². The smallest absolute Gasteiger partial charge is 0.134 e. The summed E-state index contributed by atoms with van der Waals surface area (Å²) in [6.07, 6.45) is 0. The van der Waals surface area contributed by atoms with Crippen LogP contribution in [-0.4, -0.2) is 8.07 Å². The van der Waals surface area contributed by atoms with E-state index in [1.807, 2.05) is 0 Å². The molecule has 2 nitrogen and oxygen atoms in total. The van der Waals surface area contributed by atoms with E-state index in [4.69, 9.17) is 4.74 Å². The molecule has 0 fully saturated rings. The quantitative estimate of drug-likeness (QED) is 0.189. The molecule has 1 aliphatic rings. The molecule has 0 saturated carbocycles. The Hall–Kier alpha value is -3.56. The van der Waals surface area contributed by atoms with Gasteiger partial charge >= 0.3 is 0 Å². The van der Waals surface area contributed by atoms with Crippen LogP contribution >= 0.6 is 0 Å². The number of hydrogen-bond donors (Lipinski definition) is 0. The Balaban J connectivity index is 1.72. The first-order valence-corrected chi connectivity index (χ1v) is 17.5. The molecule has 0 aromatic heterocycles. The normalized spacial score (nSPS) is 14.1. The Kier molecular flexibility index (Phi) is 8.29. The van der Waals surface area contributed by atoms with Gasteiger partial charge < -0.3 is 9.64 Å². The highest BCUT2D eigenvalue weighted by Crippen LogP contribution is 2.45.